The molecule has 3 heterocycles. The van der Waals surface area contributed by atoms with Gasteiger partial charge in [0.1, 0.15) is 5.69 Å². The van der Waals surface area contributed by atoms with Crippen LogP contribution in [0, 0.1) is 0 Å². The minimum absolute atomic E-state index is 0.139. The maximum Gasteiger partial charge on any atom is 0.433 e. The fourth-order valence-electron chi connectivity index (χ4n) is 3.34. The number of nitrogens with zero attached hydrogens (tertiary/aromatic N) is 4. The van der Waals surface area contributed by atoms with E-state index >= 15 is 0 Å². The van der Waals surface area contributed by atoms with Gasteiger partial charge in [0.25, 0.3) is 0 Å². The van der Waals surface area contributed by atoms with Crippen LogP contribution in [0.4, 0.5) is 13.2 Å². The zero-order chi connectivity index (χ0) is 20.0. The lowest BCUT2D eigenvalue weighted by molar-refractivity contribution is -0.142. The zero-order valence-corrected chi connectivity index (χ0v) is 16.3. The van der Waals surface area contributed by atoms with Crippen molar-refractivity contribution in [3.8, 4) is 0 Å². The molecule has 1 aliphatic heterocycles. The van der Waals surface area contributed by atoms with E-state index in [-0.39, 0.29) is 18.1 Å². The molecule has 0 unspecified atom stereocenters. The molecule has 3 rings (SSSR count). The monoisotopic (exact) mass is 404 g/mol. The Kier molecular flexibility index (Phi) is 5.24. The number of halogens is 3. The molecule has 2 aromatic heterocycles. The number of alkyl halides is 3. The second-order valence-corrected chi connectivity index (χ2v) is 9.60. The van der Waals surface area contributed by atoms with Crippen LogP contribution in [0.15, 0.2) is 12.1 Å². The maximum absolute atomic E-state index is 13.4. The SMILES string of the molecule is CCc1cc(C(F)(F)F)n2nc([C@@H]3CCCN(S(=O)(=O)C(C)C)C3)cc2n1. The highest BCUT2D eigenvalue weighted by atomic mass is 32.2. The topological polar surface area (TPSA) is 67.6 Å². The second kappa shape index (κ2) is 7.05. The van der Waals surface area contributed by atoms with Gasteiger partial charge < -0.3 is 0 Å². The lowest BCUT2D eigenvalue weighted by Gasteiger charge is -2.32. The standard InChI is InChI=1S/C17H23F3N4O2S/c1-4-13-8-15(17(18,19)20)24-16(21-13)9-14(22-24)12-6-5-7-23(10-12)27(25,26)11(2)3/h8-9,11-12H,4-7,10H2,1-3H3/t12-/m1/s1. The number of rotatable bonds is 4. The van der Waals surface area contributed by atoms with Crippen LogP contribution < -0.4 is 0 Å². The van der Waals surface area contributed by atoms with E-state index in [1.165, 1.54) is 4.31 Å². The Morgan fingerprint density at radius 2 is 2.00 bits per heavy atom. The predicted octanol–water partition coefficient (Wildman–Crippen LogP) is 3.23. The molecule has 27 heavy (non-hydrogen) atoms. The summed E-state index contributed by atoms with van der Waals surface area (Å²) in [6.07, 6.45) is -2.85. The van der Waals surface area contributed by atoms with Crippen molar-refractivity contribution in [3.05, 3.63) is 29.2 Å². The van der Waals surface area contributed by atoms with E-state index in [0.29, 0.717) is 37.2 Å². The summed E-state index contributed by atoms with van der Waals surface area (Å²) in [6.45, 7) is 5.64. The van der Waals surface area contributed by atoms with E-state index in [1.807, 2.05) is 0 Å². The van der Waals surface area contributed by atoms with Gasteiger partial charge in [0, 0.05) is 30.8 Å². The lowest BCUT2D eigenvalue weighted by Crippen LogP contribution is -2.42. The largest absolute Gasteiger partial charge is 0.433 e. The first-order chi connectivity index (χ1) is 12.5. The summed E-state index contributed by atoms with van der Waals surface area (Å²) in [6, 6.07) is 2.56. The smallest absolute Gasteiger partial charge is 0.234 e. The van der Waals surface area contributed by atoms with Gasteiger partial charge in [0.2, 0.25) is 10.0 Å². The van der Waals surface area contributed by atoms with E-state index < -0.39 is 27.1 Å². The van der Waals surface area contributed by atoms with Crippen LogP contribution >= 0.6 is 0 Å². The molecule has 1 fully saturated rings. The van der Waals surface area contributed by atoms with Crippen LogP contribution in [0.5, 0.6) is 0 Å². The number of aromatic nitrogens is 3. The Labute approximate surface area is 156 Å². The van der Waals surface area contributed by atoms with Crippen molar-refractivity contribution in [1.29, 1.82) is 0 Å². The van der Waals surface area contributed by atoms with Crippen molar-refractivity contribution < 1.29 is 21.6 Å². The Morgan fingerprint density at radius 1 is 1.30 bits per heavy atom. The minimum Gasteiger partial charge on any atom is -0.234 e. The zero-order valence-electron chi connectivity index (χ0n) is 15.5. The van der Waals surface area contributed by atoms with Crippen LogP contribution in [0.1, 0.15) is 56.6 Å². The molecule has 0 radical (unpaired) electrons. The molecule has 0 spiro atoms. The highest BCUT2D eigenvalue weighted by Crippen LogP contribution is 2.33. The normalized spacial score (nSPS) is 19.9. The van der Waals surface area contributed by atoms with Gasteiger partial charge in [-0.3, -0.25) is 0 Å². The highest BCUT2D eigenvalue weighted by molar-refractivity contribution is 7.89. The average molecular weight is 404 g/mol. The molecule has 150 valence electrons. The van der Waals surface area contributed by atoms with Crippen molar-refractivity contribution in [3.63, 3.8) is 0 Å². The number of hydrogen-bond acceptors (Lipinski definition) is 4. The van der Waals surface area contributed by atoms with E-state index in [4.69, 9.17) is 0 Å². The number of fused-ring (bicyclic) bond motifs is 1. The lowest BCUT2D eigenvalue weighted by atomic mass is 9.96. The number of aryl methyl sites for hydroxylation is 1. The highest BCUT2D eigenvalue weighted by Gasteiger charge is 2.36. The summed E-state index contributed by atoms with van der Waals surface area (Å²) in [5, 5.41) is 3.61. The summed E-state index contributed by atoms with van der Waals surface area (Å²) in [5.41, 5.74) is 0.0671. The third-order valence-electron chi connectivity index (χ3n) is 4.91. The molecule has 0 saturated carbocycles. The average Bonchev–Trinajstić information content (AvgIpc) is 3.03. The summed E-state index contributed by atoms with van der Waals surface area (Å²) in [5.74, 6) is -0.250. The quantitative estimate of drug-likeness (QED) is 0.785. The second-order valence-electron chi connectivity index (χ2n) is 7.11. The van der Waals surface area contributed by atoms with Crippen LogP contribution in [0.3, 0.4) is 0 Å². The first-order valence-corrected chi connectivity index (χ1v) is 10.5. The van der Waals surface area contributed by atoms with Crippen LogP contribution in [0.2, 0.25) is 0 Å². The molecule has 0 aromatic carbocycles. The molecule has 0 bridgehead atoms. The van der Waals surface area contributed by atoms with Gasteiger partial charge in [-0.05, 0) is 39.2 Å². The van der Waals surface area contributed by atoms with Gasteiger partial charge in [-0.15, -0.1) is 0 Å². The van der Waals surface area contributed by atoms with Crippen molar-refractivity contribution in [2.45, 2.75) is 57.4 Å². The van der Waals surface area contributed by atoms with Gasteiger partial charge >= 0.3 is 6.18 Å². The molecular weight excluding hydrogens is 381 g/mol. The van der Waals surface area contributed by atoms with E-state index in [0.717, 1.165) is 10.6 Å². The molecule has 6 nitrogen and oxygen atoms in total. The van der Waals surface area contributed by atoms with E-state index in [2.05, 4.69) is 10.1 Å². The minimum atomic E-state index is -4.55. The first-order valence-electron chi connectivity index (χ1n) is 8.99. The third-order valence-corrected chi connectivity index (χ3v) is 7.15. The summed E-state index contributed by atoms with van der Waals surface area (Å²) in [4.78, 5) is 4.25. The summed E-state index contributed by atoms with van der Waals surface area (Å²) < 4.78 is 67.4. The maximum atomic E-state index is 13.4. The van der Waals surface area contributed by atoms with Crippen molar-refractivity contribution in [1.82, 2.24) is 18.9 Å². The number of sulfonamides is 1. The van der Waals surface area contributed by atoms with Gasteiger partial charge in [0.05, 0.1) is 10.9 Å². The van der Waals surface area contributed by atoms with Gasteiger partial charge in [-0.2, -0.15) is 18.3 Å². The van der Waals surface area contributed by atoms with Crippen LogP contribution in [-0.2, 0) is 22.6 Å². The molecule has 10 heteroatoms. The first kappa shape index (κ1) is 20.1. The van der Waals surface area contributed by atoms with Crippen molar-refractivity contribution >= 4 is 15.7 Å². The molecule has 0 amide bonds. The Balaban J connectivity index is 2.00. The van der Waals surface area contributed by atoms with Crippen LogP contribution in [0.25, 0.3) is 5.65 Å². The summed E-state index contributed by atoms with van der Waals surface area (Å²) >= 11 is 0. The number of piperidine rings is 1. The molecule has 1 aliphatic rings. The molecule has 0 N–H and O–H groups in total. The Hall–Kier alpha value is -1.68. The van der Waals surface area contributed by atoms with Crippen LogP contribution in [-0.4, -0.2) is 45.7 Å². The molecule has 1 atom stereocenters. The molecule has 1 saturated heterocycles. The van der Waals surface area contributed by atoms with Gasteiger partial charge in [-0.25, -0.2) is 22.2 Å². The summed E-state index contributed by atoms with van der Waals surface area (Å²) in [7, 11) is -3.41. The van der Waals surface area contributed by atoms with Crippen molar-refractivity contribution in [2.75, 3.05) is 13.1 Å². The fraction of sp³-hybridized carbons (Fsp3) is 0.647. The molecular formula is C17H23F3N4O2S. The predicted molar refractivity (Wildman–Crippen MR) is 95.0 cm³/mol. The third kappa shape index (κ3) is 3.82. The molecule has 2 aromatic rings. The van der Waals surface area contributed by atoms with E-state index in [1.54, 1.807) is 26.8 Å². The van der Waals surface area contributed by atoms with Gasteiger partial charge in [-0.1, -0.05) is 6.92 Å². The number of hydrogen-bond donors (Lipinski definition) is 0. The van der Waals surface area contributed by atoms with Crippen molar-refractivity contribution in [2.24, 2.45) is 0 Å². The Morgan fingerprint density at radius 3 is 2.59 bits per heavy atom. The molecule has 0 aliphatic carbocycles. The Bertz CT molecular complexity index is 938. The fourth-order valence-corrected chi connectivity index (χ4v) is 4.71. The van der Waals surface area contributed by atoms with E-state index in [9.17, 15) is 21.6 Å². The van der Waals surface area contributed by atoms with Gasteiger partial charge in [0.15, 0.2) is 5.65 Å².